The molecule has 0 saturated carbocycles. The maximum atomic E-state index is 7.74. The van der Waals surface area contributed by atoms with Gasteiger partial charge >= 0.3 is 0 Å². The maximum absolute atomic E-state index is 7.74. The second kappa shape index (κ2) is 17.6. The van der Waals surface area contributed by atoms with E-state index in [1.54, 1.807) is 0 Å². The van der Waals surface area contributed by atoms with Crippen molar-refractivity contribution in [1.29, 1.82) is 0 Å². The van der Waals surface area contributed by atoms with Crippen LogP contribution in [0.4, 0.5) is 34.1 Å². The number of hydrogen-bond acceptors (Lipinski definition) is 3. The predicted molar refractivity (Wildman–Crippen MR) is 353 cm³/mol. The summed E-state index contributed by atoms with van der Waals surface area (Å²) in [4.78, 5) is 5.07. The molecule has 84 heavy (non-hydrogen) atoms. The summed E-state index contributed by atoms with van der Waals surface area (Å²) < 4.78 is 10.3. The van der Waals surface area contributed by atoms with Gasteiger partial charge in [0.15, 0.2) is 0 Å². The van der Waals surface area contributed by atoms with Gasteiger partial charge in [0.1, 0.15) is 11.2 Å². The molecule has 1 aliphatic heterocycles. The van der Waals surface area contributed by atoms with Crippen molar-refractivity contribution in [2.75, 3.05) is 9.80 Å². The van der Waals surface area contributed by atoms with Gasteiger partial charge in [0.2, 0.25) is 0 Å². The van der Waals surface area contributed by atoms with Crippen molar-refractivity contribution in [3.8, 4) is 27.9 Å². The molecule has 2 aliphatic carbocycles. The molecule has 13 aromatic rings. The molecule has 408 valence electrons. The molecule has 0 saturated heterocycles. The Morgan fingerprint density at radius 1 is 0.417 bits per heavy atom. The van der Waals surface area contributed by atoms with Crippen molar-refractivity contribution in [2.45, 2.75) is 90.9 Å². The Labute approximate surface area is 492 Å². The fourth-order valence-corrected chi connectivity index (χ4v) is 15.2. The van der Waals surface area contributed by atoms with Gasteiger partial charge in [-0.1, -0.05) is 212 Å². The topological polar surface area (TPSA) is 24.6 Å². The minimum absolute atomic E-state index is 0.0211. The zero-order valence-electron chi connectivity index (χ0n) is 49.6. The average molecular weight is 1090 g/mol. The largest absolute Gasteiger partial charge is 0.455 e. The van der Waals surface area contributed by atoms with Gasteiger partial charge in [-0.2, -0.15) is 0 Å². The molecular formula is C80H67N3O. The lowest BCUT2D eigenvalue weighted by Crippen LogP contribution is -2.34. The Balaban J connectivity index is 1.14. The van der Waals surface area contributed by atoms with E-state index in [0.29, 0.717) is 0 Å². The first-order chi connectivity index (χ1) is 40.5. The lowest BCUT2D eigenvalue weighted by atomic mass is 9.64. The van der Waals surface area contributed by atoms with Crippen molar-refractivity contribution in [3.63, 3.8) is 0 Å². The second-order valence-corrected chi connectivity index (χ2v) is 26.6. The van der Waals surface area contributed by atoms with Gasteiger partial charge in [-0.05, 0) is 159 Å². The van der Waals surface area contributed by atoms with Gasteiger partial charge in [0.25, 0.3) is 0 Å². The third-order valence-corrected chi connectivity index (χ3v) is 19.2. The fourth-order valence-electron chi connectivity index (χ4n) is 15.2. The Kier molecular flexibility index (Phi) is 10.5. The first-order valence-electron chi connectivity index (χ1n) is 29.9. The zero-order chi connectivity index (χ0) is 57.3. The third kappa shape index (κ3) is 6.88. The Bertz CT molecular complexity index is 4880. The van der Waals surface area contributed by atoms with Crippen LogP contribution >= 0.6 is 0 Å². The highest BCUT2D eigenvalue weighted by Gasteiger charge is 2.56. The van der Waals surface area contributed by atoms with Crippen molar-refractivity contribution in [1.82, 2.24) is 4.57 Å². The number of aryl methyl sites for hydroxylation is 2. The molecule has 11 aromatic carbocycles. The predicted octanol–water partition coefficient (Wildman–Crippen LogP) is 21.8. The molecule has 1 unspecified atom stereocenters. The molecule has 3 aliphatic rings. The van der Waals surface area contributed by atoms with E-state index in [4.69, 9.17) is 4.42 Å². The number of para-hydroxylation sites is 4. The molecule has 2 aromatic heterocycles. The number of furan rings is 1. The standard InChI is InChI=1S/C80H67N3O/c1-48-30-38-52(39-31-48)81(54-42-34-50(35-43-54)77(3,4)5)67-46-63-72(74-70(67)58-21-11-14-24-60(58)79(74,9)10)73-64(80(63)61-25-15-17-28-66(61)83-65-27-16-12-20-56(65)57-23-19-26-62(80)75(57)83)47-68(71-59-22-13-18-29-69(59)84-76(71)73)82(53-40-32-49(2)33-41-53)55-44-36-51(37-45-55)78(6,7)8/h11-47H,1-10H3. The minimum Gasteiger partial charge on any atom is -0.455 e. The first-order valence-corrected chi connectivity index (χ1v) is 29.9. The van der Waals surface area contributed by atoms with Crippen LogP contribution in [0.5, 0.6) is 0 Å². The van der Waals surface area contributed by atoms with E-state index in [2.05, 4.69) is 308 Å². The minimum atomic E-state index is -0.883. The normalized spacial score (nSPS) is 15.4. The van der Waals surface area contributed by atoms with Crippen LogP contribution < -0.4 is 9.80 Å². The molecule has 16 rings (SSSR count). The molecule has 1 spiro atoms. The van der Waals surface area contributed by atoms with Crippen LogP contribution in [0.2, 0.25) is 0 Å². The van der Waals surface area contributed by atoms with Gasteiger partial charge in [-0.15, -0.1) is 0 Å². The van der Waals surface area contributed by atoms with Crippen LogP contribution in [-0.2, 0) is 21.7 Å². The van der Waals surface area contributed by atoms with Gasteiger partial charge in [0, 0.05) is 55.5 Å². The molecule has 0 radical (unpaired) electrons. The zero-order valence-corrected chi connectivity index (χ0v) is 49.6. The maximum Gasteiger partial charge on any atom is 0.145 e. The lowest BCUT2D eigenvalue weighted by molar-refractivity contribution is 0.590. The summed E-state index contributed by atoms with van der Waals surface area (Å²) in [5.41, 5.74) is 28.1. The Morgan fingerprint density at radius 2 is 0.905 bits per heavy atom. The number of rotatable bonds is 6. The van der Waals surface area contributed by atoms with Crippen LogP contribution in [0.1, 0.15) is 111 Å². The molecule has 0 fully saturated rings. The molecule has 1 atom stereocenters. The van der Waals surface area contributed by atoms with Gasteiger partial charge < -0.3 is 18.8 Å². The van der Waals surface area contributed by atoms with Crippen molar-refractivity contribution >= 4 is 77.9 Å². The summed E-state index contributed by atoms with van der Waals surface area (Å²) >= 11 is 0. The molecule has 0 bridgehead atoms. The van der Waals surface area contributed by atoms with E-state index >= 15 is 0 Å². The highest BCUT2D eigenvalue weighted by atomic mass is 16.3. The van der Waals surface area contributed by atoms with Crippen molar-refractivity contribution in [3.05, 3.63) is 280 Å². The number of anilines is 6. The van der Waals surface area contributed by atoms with E-state index in [0.717, 1.165) is 61.6 Å². The van der Waals surface area contributed by atoms with Crippen LogP contribution in [0.3, 0.4) is 0 Å². The second-order valence-electron chi connectivity index (χ2n) is 26.6. The molecule has 4 heteroatoms. The van der Waals surface area contributed by atoms with Crippen molar-refractivity contribution < 1.29 is 4.42 Å². The summed E-state index contributed by atoms with van der Waals surface area (Å²) in [5, 5.41) is 4.66. The number of benzene rings is 11. The molecule has 3 heterocycles. The van der Waals surface area contributed by atoms with Gasteiger partial charge in [-0.25, -0.2) is 0 Å². The van der Waals surface area contributed by atoms with E-state index in [1.165, 1.54) is 99.8 Å². The Hall–Kier alpha value is -9.38. The van der Waals surface area contributed by atoms with Crippen LogP contribution in [0.15, 0.2) is 229 Å². The number of hydrogen-bond donors (Lipinski definition) is 0. The van der Waals surface area contributed by atoms with E-state index < -0.39 is 10.8 Å². The lowest BCUT2D eigenvalue weighted by Gasteiger charge is -2.41. The summed E-state index contributed by atoms with van der Waals surface area (Å²) in [6.45, 7) is 23.1. The van der Waals surface area contributed by atoms with Crippen molar-refractivity contribution in [2.24, 2.45) is 0 Å². The van der Waals surface area contributed by atoms with Crippen LogP contribution in [-0.4, -0.2) is 4.57 Å². The summed E-state index contributed by atoms with van der Waals surface area (Å²) in [6, 6.07) is 85.6. The number of nitrogens with zero attached hydrogens (tertiary/aromatic N) is 3. The molecule has 0 amide bonds. The van der Waals surface area contributed by atoms with Gasteiger partial charge in [0.05, 0.1) is 38.9 Å². The average Bonchev–Trinajstić information content (AvgIpc) is 1.91. The smallest absolute Gasteiger partial charge is 0.145 e. The fraction of sp³-hybridized carbons (Fsp3) is 0.175. The summed E-state index contributed by atoms with van der Waals surface area (Å²) in [7, 11) is 0. The highest BCUT2D eigenvalue weighted by Crippen LogP contribution is 2.69. The van der Waals surface area contributed by atoms with E-state index in [9.17, 15) is 0 Å². The number of aromatic nitrogens is 1. The quantitative estimate of drug-likeness (QED) is 0.166. The first kappa shape index (κ1) is 50.4. The third-order valence-electron chi connectivity index (χ3n) is 19.2. The Morgan fingerprint density at radius 3 is 1.54 bits per heavy atom. The number of fused-ring (bicyclic) bond motifs is 20. The van der Waals surface area contributed by atoms with Crippen LogP contribution in [0, 0.1) is 13.8 Å². The van der Waals surface area contributed by atoms with Gasteiger partial charge in [-0.3, -0.25) is 0 Å². The summed E-state index contributed by atoms with van der Waals surface area (Å²) in [5.74, 6) is 0. The van der Waals surface area contributed by atoms with E-state index in [-0.39, 0.29) is 10.8 Å². The highest BCUT2D eigenvalue weighted by molar-refractivity contribution is 6.22. The molecular weight excluding hydrogens is 1020 g/mol. The monoisotopic (exact) mass is 1090 g/mol. The summed E-state index contributed by atoms with van der Waals surface area (Å²) in [6.07, 6.45) is 0. The SMILES string of the molecule is Cc1ccc(N(c2ccc(C(C)(C)C)cc2)c2cc3c(c4c2-c2ccccc2C4(C)C)-c2c(cc(N(c4ccc(C)cc4)c4ccc(C(C)(C)C)cc4)c4c2oc2ccccc24)C32c3ccccc3-n3c4ccccc4c4cccc2c43)cc1. The van der Waals surface area contributed by atoms with Crippen LogP contribution in [0.25, 0.3) is 71.7 Å². The molecule has 0 N–H and O–H groups in total. The molecule has 4 nitrogen and oxygen atoms in total. The van der Waals surface area contributed by atoms with E-state index in [1.807, 2.05) is 0 Å².